The molecule has 0 aromatic carbocycles. The fourth-order valence-corrected chi connectivity index (χ4v) is 12.0. The van der Waals surface area contributed by atoms with Crippen LogP contribution in [-0.2, 0) is 0 Å². The molecule has 0 N–H and O–H groups in total. The zero-order chi connectivity index (χ0) is 15.1. The summed E-state index contributed by atoms with van der Waals surface area (Å²) in [5.41, 5.74) is 6.37. The van der Waals surface area contributed by atoms with Gasteiger partial charge in [0.25, 0.3) is 0 Å². The van der Waals surface area contributed by atoms with Crippen LogP contribution in [0.15, 0.2) is 21.8 Å². The molecular formula is C19H32P2. The Hall–Kier alpha value is 0.340. The van der Waals surface area contributed by atoms with E-state index in [9.17, 15) is 0 Å². The monoisotopic (exact) mass is 322 g/mol. The van der Waals surface area contributed by atoms with E-state index in [1.165, 1.54) is 44.7 Å². The molecule has 21 heavy (non-hydrogen) atoms. The van der Waals surface area contributed by atoms with Crippen molar-refractivity contribution in [1.29, 1.82) is 0 Å². The first-order valence-corrected chi connectivity index (χ1v) is 12.0. The van der Waals surface area contributed by atoms with E-state index in [1.807, 2.05) is 10.6 Å². The smallest absolute Gasteiger partial charge is 0.00593 e. The van der Waals surface area contributed by atoms with Crippen LogP contribution in [0, 0.1) is 0 Å². The molecule has 0 aromatic rings. The summed E-state index contributed by atoms with van der Waals surface area (Å²) in [5, 5.41) is 3.98. The molecule has 0 radical (unpaired) electrons. The molecule has 3 rings (SSSR count). The van der Waals surface area contributed by atoms with E-state index in [2.05, 4.69) is 34.6 Å². The van der Waals surface area contributed by atoms with E-state index >= 15 is 0 Å². The number of hydrogen-bond donors (Lipinski definition) is 0. The quantitative estimate of drug-likeness (QED) is 0.377. The highest BCUT2D eigenvalue weighted by molar-refractivity contribution is 7.67. The van der Waals surface area contributed by atoms with Gasteiger partial charge in [-0.05, 0) is 86.1 Å². The average molecular weight is 322 g/mol. The van der Waals surface area contributed by atoms with Gasteiger partial charge in [0.15, 0.2) is 0 Å². The molecule has 5 atom stereocenters. The molecular weight excluding hydrogens is 290 g/mol. The Kier molecular flexibility index (Phi) is 4.98. The van der Waals surface area contributed by atoms with E-state index in [1.54, 1.807) is 11.1 Å². The standard InChI is InChI=1S/C19H32P2/c1-13-11-18(20-10-6-7-15(20)3)19(12-14(13)2)21-16(4)8-9-17(21)5/h15-17H,6-12H2,1-5H3/t15?,16-,17?,20?,21?/m0/s1. The maximum atomic E-state index is 2.55. The first-order valence-electron chi connectivity index (χ1n) is 8.91. The van der Waals surface area contributed by atoms with E-state index in [4.69, 9.17) is 0 Å². The first kappa shape index (κ1) is 16.2. The summed E-state index contributed by atoms with van der Waals surface area (Å²) in [6, 6.07) is 0. The highest BCUT2D eigenvalue weighted by atomic mass is 31.1. The van der Waals surface area contributed by atoms with Crippen molar-refractivity contribution in [2.24, 2.45) is 0 Å². The van der Waals surface area contributed by atoms with Crippen LogP contribution in [-0.4, -0.2) is 23.1 Å². The summed E-state index contributed by atoms with van der Waals surface area (Å²) in [6.07, 6.45) is 10.2. The van der Waals surface area contributed by atoms with Gasteiger partial charge in [0.2, 0.25) is 0 Å². The molecule has 0 saturated carbocycles. The largest absolute Gasteiger partial charge is 0.0762 e. The Labute approximate surface area is 134 Å². The predicted octanol–water partition coefficient (Wildman–Crippen LogP) is 7.05. The van der Waals surface area contributed by atoms with E-state index < -0.39 is 0 Å². The SMILES string of the molecule is CC1=C(C)CC(P2C(C)CC[C@@H]2C)=C(P2CCCC2C)C1. The van der Waals surface area contributed by atoms with Crippen molar-refractivity contribution in [2.75, 3.05) is 6.16 Å². The van der Waals surface area contributed by atoms with E-state index in [0.29, 0.717) is 0 Å². The van der Waals surface area contributed by atoms with Gasteiger partial charge in [-0.2, -0.15) is 0 Å². The fraction of sp³-hybridized carbons (Fsp3) is 0.789. The zero-order valence-electron chi connectivity index (χ0n) is 14.6. The third kappa shape index (κ3) is 3.05. The Balaban J connectivity index is 1.97. The minimum absolute atomic E-state index is 0.156. The number of hydrogen-bond acceptors (Lipinski definition) is 0. The minimum Gasteiger partial charge on any atom is -0.0762 e. The van der Waals surface area contributed by atoms with E-state index in [0.717, 1.165) is 17.0 Å². The van der Waals surface area contributed by atoms with Gasteiger partial charge >= 0.3 is 0 Å². The molecule has 0 bridgehead atoms. The second-order valence-corrected chi connectivity index (χ2v) is 13.6. The van der Waals surface area contributed by atoms with Crippen molar-refractivity contribution in [3.8, 4) is 0 Å². The molecule has 0 nitrogen and oxygen atoms in total. The van der Waals surface area contributed by atoms with Crippen LogP contribution < -0.4 is 0 Å². The lowest BCUT2D eigenvalue weighted by Crippen LogP contribution is -2.09. The van der Waals surface area contributed by atoms with Crippen molar-refractivity contribution < 1.29 is 0 Å². The zero-order valence-corrected chi connectivity index (χ0v) is 16.4. The number of rotatable bonds is 2. The van der Waals surface area contributed by atoms with Gasteiger partial charge in [-0.25, -0.2) is 0 Å². The van der Waals surface area contributed by atoms with Crippen LogP contribution in [0.1, 0.15) is 73.1 Å². The van der Waals surface area contributed by atoms with Crippen LogP contribution in [0.3, 0.4) is 0 Å². The molecule has 2 saturated heterocycles. The van der Waals surface area contributed by atoms with Gasteiger partial charge in [-0.1, -0.05) is 47.8 Å². The Morgan fingerprint density at radius 1 is 0.762 bits per heavy atom. The summed E-state index contributed by atoms with van der Waals surface area (Å²) in [4.78, 5) is 0. The first-order chi connectivity index (χ1) is 9.99. The molecule has 2 heteroatoms. The Morgan fingerprint density at radius 3 is 1.86 bits per heavy atom. The highest BCUT2D eigenvalue weighted by Gasteiger charge is 2.38. The number of allylic oxidation sites excluding steroid dienone is 4. The molecule has 0 amide bonds. The predicted molar refractivity (Wildman–Crippen MR) is 100 cm³/mol. The summed E-state index contributed by atoms with van der Waals surface area (Å²) < 4.78 is 0. The van der Waals surface area contributed by atoms with Gasteiger partial charge in [-0.15, -0.1) is 0 Å². The second kappa shape index (κ2) is 6.45. The van der Waals surface area contributed by atoms with Crippen molar-refractivity contribution in [2.45, 2.75) is 90.1 Å². The van der Waals surface area contributed by atoms with Gasteiger partial charge in [0.1, 0.15) is 0 Å². The van der Waals surface area contributed by atoms with Crippen LogP contribution in [0.5, 0.6) is 0 Å². The summed E-state index contributed by atoms with van der Waals surface area (Å²) in [6.45, 7) is 12.4. The molecule has 4 unspecified atom stereocenters. The second-order valence-electron chi connectivity index (χ2n) is 7.67. The molecule has 2 heterocycles. The topological polar surface area (TPSA) is 0 Å². The van der Waals surface area contributed by atoms with Gasteiger partial charge in [-0.3, -0.25) is 0 Å². The Morgan fingerprint density at radius 2 is 1.33 bits per heavy atom. The molecule has 0 aromatic heterocycles. The summed E-state index contributed by atoms with van der Waals surface area (Å²) in [7, 11) is 0.354. The fourth-order valence-electron chi connectivity index (χ4n) is 4.58. The van der Waals surface area contributed by atoms with Crippen molar-refractivity contribution >= 4 is 15.8 Å². The summed E-state index contributed by atoms with van der Waals surface area (Å²) >= 11 is 0. The normalized spacial score (nSPS) is 41.3. The minimum atomic E-state index is 0.156. The molecule has 1 aliphatic carbocycles. The molecule has 118 valence electrons. The molecule has 2 aliphatic heterocycles. The third-order valence-corrected chi connectivity index (χ3v) is 13.0. The third-order valence-electron chi connectivity index (χ3n) is 6.09. The lowest BCUT2D eigenvalue weighted by atomic mass is 9.99. The van der Waals surface area contributed by atoms with E-state index in [-0.39, 0.29) is 15.8 Å². The molecule has 2 fully saturated rings. The van der Waals surface area contributed by atoms with Crippen molar-refractivity contribution in [3.63, 3.8) is 0 Å². The molecule has 3 aliphatic rings. The maximum absolute atomic E-state index is 2.55. The van der Waals surface area contributed by atoms with Crippen LogP contribution in [0.25, 0.3) is 0 Å². The van der Waals surface area contributed by atoms with Crippen LogP contribution in [0.4, 0.5) is 0 Å². The van der Waals surface area contributed by atoms with Gasteiger partial charge < -0.3 is 0 Å². The van der Waals surface area contributed by atoms with Crippen LogP contribution in [0.2, 0.25) is 0 Å². The maximum Gasteiger partial charge on any atom is -0.00593 e. The lowest BCUT2D eigenvalue weighted by molar-refractivity contribution is 0.777. The van der Waals surface area contributed by atoms with Gasteiger partial charge in [0, 0.05) is 0 Å². The van der Waals surface area contributed by atoms with Crippen molar-refractivity contribution in [3.05, 3.63) is 21.8 Å². The molecule has 0 spiro atoms. The lowest BCUT2D eigenvalue weighted by Gasteiger charge is -2.35. The highest BCUT2D eigenvalue weighted by Crippen LogP contribution is 2.70. The van der Waals surface area contributed by atoms with Gasteiger partial charge in [0.05, 0.1) is 0 Å². The Bertz CT molecular complexity index is 464. The van der Waals surface area contributed by atoms with Crippen LogP contribution >= 0.6 is 15.8 Å². The summed E-state index contributed by atoms with van der Waals surface area (Å²) in [5.74, 6) is 0. The van der Waals surface area contributed by atoms with Crippen molar-refractivity contribution in [1.82, 2.24) is 0 Å². The average Bonchev–Trinajstić information content (AvgIpc) is 2.99.